The predicted molar refractivity (Wildman–Crippen MR) is 211 cm³/mol. The van der Waals surface area contributed by atoms with Gasteiger partial charge in [0.05, 0.1) is 71.6 Å². The summed E-state index contributed by atoms with van der Waals surface area (Å²) in [6.07, 6.45) is 0. The molecule has 0 aliphatic carbocycles. The maximum Gasteiger partial charge on any atom is 0.0645 e. The zero-order valence-corrected chi connectivity index (χ0v) is 24.9. The van der Waals surface area contributed by atoms with Crippen molar-refractivity contribution in [3.05, 3.63) is 193 Å². The van der Waals surface area contributed by atoms with Crippen LogP contribution in [-0.4, -0.2) is 9.13 Å². The van der Waals surface area contributed by atoms with Gasteiger partial charge in [-0.2, -0.15) is 0 Å². The first kappa shape index (κ1) is 10.9. The molecule has 2 heteroatoms. The van der Waals surface area contributed by atoms with Gasteiger partial charge in [-0.25, -0.2) is 0 Å². The normalized spacial score (nSPS) is 20.6. The van der Waals surface area contributed by atoms with Gasteiger partial charge in [-0.1, -0.05) is 139 Å². The average molecular weight is 669 g/mol. The van der Waals surface area contributed by atoms with Crippen molar-refractivity contribution in [3.8, 4) is 44.8 Å². The van der Waals surface area contributed by atoms with Crippen LogP contribution in [0.25, 0.3) is 88.4 Å². The van der Waals surface area contributed by atoms with Crippen LogP contribution < -0.4 is 0 Å². The maximum atomic E-state index is 9.92. The Labute approximate surface area is 335 Å². The molecule has 0 atom stereocenters. The molecule has 0 fully saturated rings. The van der Waals surface area contributed by atoms with E-state index in [1.165, 1.54) is 0 Å². The van der Waals surface area contributed by atoms with Gasteiger partial charge in [0.1, 0.15) is 0 Å². The minimum absolute atomic E-state index is 0.651. The highest BCUT2D eigenvalue weighted by atomic mass is 15.0. The van der Waals surface area contributed by atoms with Gasteiger partial charge in [0, 0.05) is 32.8 Å². The van der Waals surface area contributed by atoms with Crippen LogP contribution in [0.1, 0.15) is 43.9 Å². The van der Waals surface area contributed by atoms with Crippen molar-refractivity contribution in [1.82, 2.24) is 9.13 Å². The lowest BCUT2D eigenvalue weighted by atomic mass is 10.0. The fourth-order valence-corrected chi connectivity index (χ4v) is 5.67. The molecule has 10 aromatic rings. The van der Waals surface area contributed by atoms with Crippen LogP contribution in [0.15, 0.2) is 193 Å². The summed E-state index contributed by atoms with van der Waals surface area (Å²) in [6, 6.07) is -31.7. The lowest BCUT2D eigenvalue weighted by Gasteiger charge is -2.14. The number of hydrogen-bond acceptors (Lipinski definition) is 0. The number of benzene rings is 8. The fourth-order valence-electron chi connectivity index (χ4n) is 5.67. The van der Waals surface area contributed by atoms with Crippen molar-refractivity contribution in [2.24, 2.45) is 0 Å². The van der Waals surface area contributed by atoms with E-state index >= 15 is 0 Å². The topological polar surface area (TPSA) is 9.86 Å². The molecule has 0 radical (unpaired) electrons. The number of hydrogen-bond donors (Lipinski definition) is 0. The number of rotatable bonds is 5. The van der Waals surface area contributed by atoms with E-state index in [1.54, 1.807) is 0 Å². The Morgan fingerprint density at radius 2 is 0.740 bits per heavy atom. The minimum atomic E-state index is -1.13. The van der Waals surface area contributed by atoms with Crippen LogP contribution in [0, 0.1) is 0 Å². The monoisotopic (exact) mass is 668 g/mol. The highest BCUT2D eigenvalue weighted by molar-refractivity contribution is 6.13. The molecule has 234 valence electrons. The third-order valence-electron chi connectivity index (χ3n) is 7.79. The second kappa shape index (κ2) is 11.5. The lowest BCUT2D eigenvalue weighted by molar-refractivity contribution is 1.18. The Kier molecular flexibility index (Phi) is 2.52. The third kappa shape index (κ3) is 4.50. The first-order chi connectivity index (χ1) is 38.1. The van der Waals surface area contributed by atoms with Gasteiger partial charge < -0.3 is 9.13 Å². The highest BCUT2D eigenvalue weighted by Crippen LogP contribution is 2.40. The van der Waals surface area contributed by atoms with Crippen molar-refractivity contribution < 1.29 is 43.9 Å². The summed E-state index contributed by atoms with van der Waals surface area (Å²) >= 11 is 0. The van der Waals surface area contributed by atoms with Gasteiger partial charge in [0.15, 0.2) is 0 Å². The van der Waals surface area contributed by atoms with Gasteiger partial charge >= 0.3 is 0 Å². The number of para-hydroxylation sites is 3. The molecule has 8 aromatic carbocycles. The van der Waals surface area contributed by atoms with Crippen LogP contribution in [0.2, 0.25) is 0 Å². The van der Waals surface area contributed by atoms with Crippen LogP contribution >= 0.6 is 0 Å². The van der Waals surface area contributed by atoms with Gasteiger partial charge in [-0.15, -0.1) is 0 Å². The summed E-state index contributed by atoms with van der Waals surface area (Å²) < 4.78 is 288. The molecular formula is C48H32N2. The van der Waals surface area contributed by atoms with Crippen LogP contribution in [-0.2, 0) is 0 Å². The largest absolute Gasteiger partial charge is 0.309 e. The molecule has 0 N–H and O–H groups in total. The summed E-state index contributed by atoms with van der Waals surface area (Å²) in [5.74, 6) is 0. The van der Waals surface area contributed by atoms with E-state index < -0.39 is 282 Å². The SMILES string of the molecule is [2H]c1c([2H])c([2H])c(-c2c([2H])c([2H])c(-n3c4c([2H])c([2H])c([2H])c([2H])c4c4c([2H])c(-c5c([2H])c([2H])c6c(c5[2H])c5c([2H])c([2H])c([2H])c([2H])c5n6-c5c([2H])c([2H])c([2H])c([2H])c5-c5c([2H])c([2H])c([2H])c([2H])c5[2H])c([2H])c([2H])c43)c([2H])c2[2H])c([2H])c1[2H]. The van der Waals surface area contributed by atoms with Crippen LogP contribution in [0.5, 0.6) is 0 Å². The molecule has 2 aromatic heterocycles. The molecule has 0 aliphatic heterocycles. The van der Waals surface area contributed by atoms with E-state index in [9.17, 15) is 15.1 Å². The first-order valence-corrected chi connectivity index (χ1v) is 14.6. The average Bonchev–Trinajstić information content (AvgIpc) is 1.81. The van der Waals surface area contributed by atoms with E-state index in [0.717, 1.165) is 0 Å². The van der Waals surface area contributed by atoms with E-state index in [4.69, 9.17) is 28.8 Å². The quantitative estimate of drug-likeness (QED) is 0.173. The summed E-state index contributed by atoms with van der Waals surface area (Å²) in [7, 11) is 0. The lowest BCUT2D eigenvalue weighted by Crippen LogP contribution is -1.97. The predicted octanol–water partition coefficient (Wildman–Crippen LogP) is 12.9. The van der Waals surface area contributed by atoms with Crippen molar-refractivity contribution in [2.45, 2.75) is 0 Å². The van der Waals surface area contributed by atoms with Crippen molar-refractivity contribution in [3.63, 3.8) is 0 Å². The summed E-state index contributed by atoms with van der Waals surface area (Å²) in [5, 5.41) is -2.73. The summed E-state index contributed by atoms with van der Waals surface area (Å²) in [6.45, 7) is 0. The molecule has 0 saturated heterocycles. The standard InChI is InChI=1S/C48H32N2/c1-3-13-33(14-4-1)34-23-27-38(28-24-34)49-45-21-11-8-18-40(45)42-31-36(25-29-47(42)49)37-26-30-48-43(32-37)41-19-9-12-22-46(41)50(48)44-20-10-7-17-39(44)35-15-5-2-6-16-35/h1-32H/i1D,2D,3D,4D,5D,6D,7D,8D,9D,10D,11D,12D,13D,14D,15D,16D,17D,18D,19D,20D,21D,22D,23D,24D,25D,26D,27D,28D,29D,30D,31D,32D. The molecule has 0 saturated carbocycles. The van der Waals surface area contributed by atoms with E-state index in [1.807, 2.05) is 0 Å². The molecule has 10 rings (SSSR count). The molecule has 0 unspecified atom stereocenters. The maximum absolute atomic E-state index is 9.92. The molecular weight excluding hydrogens is 605 g/mol. The minimum Gasteiger partial charge on any atom is -0.309 e. The van der Waals surface area contributed by atoms with Gasteiger partial charge in [0.25, 0.3) is 0 Å². The van der Waals surface area contributed by atoms with Crippen molar-refractivity contribution in [1.29, 1.82) is 0 Å². The zero-order chi connectivity index (χ0) is 60.9. The van der Waals surface area contributed by atoms with E-state index in [0.29, 0.717) is 9.13 Å². The number of nitrogens with zero attached hydrogens (tertiary/aromatic N) is 2. The Hall–Kier alpha value is -6.64. The molecule has 2 heterocycles. The number of aromatic nitrogens is 2. The van der Waals surface area contributed by atoms with Crippen LogP contribution in [0.3, 0.4) is 0 Å². The fraction of sp³-hybridized carbons (Fsp3) is 0. The van der Waals surface area contributed by atoms with Gasteiger partial charge in [-0.05, 0) is 82.2 Å². The van der Waals surface area contributed by atoms with Crippen LogP contribution in [0.4, 0.5) is 0 Å². The van der Waals surface area contributed by atoms with Gasteiger partial charge in [0.2, 0.25) is 0 Å². The molecule has 50 heavy (non-hydrogen) atoms. The zero-order valence-electron chi connectivity index (χ0n) is 56.9. The van der Waals surface area contributed by atoms with Crippen molar-refractivity contribution >= 4 is 43.6 Å². The smallest absolute Gasteiger partial charge is 0.0645 e. The Balaban J connectivity index is 1.40. The first-order valence-electron chi connectivity index (χ1n) is 30.6. The van der Waals surface area contributed by atoms with Gasteiger partial charge in [-0.3, -0.25) is 0 Å². The second-order valence-corrected chi connectivity index (χ2v) is 10.5. The van der Waals surface area contributed by atoms with Crippen molar-refractivity contribution in [2.75, 3.05) is 0 Å². The second-order valence-electron chi connectivity index (χ2n) is 10.5. The molecule has 2 nitrogen and oxygen atoms in total. The molecule has 0 bridgehead atoms. The number of fused-ring (bicyclic) bond motifs is 6. The summed E-state index contributed by atoms with van der Waals surface area (Å²) in [5.41, 5.74) is -9.69. The Bertz CT molecular complexity index is 4620. The van der Waals surface area contributed by atoms with E-state index in [2.05, 4.69) is 0 Å². The highest BCUT2D eigenvalue weighted by Gasteiger charge is 2.17. The Morgan fingerprint density at radius 1 is 0.300 bits per heavy atom. The molecule has 0 amide bonds. The molecule has 0 aliphatic rings. The van der Waals surface area contributed by atoms with E-state index in [-0.39, 0.29) is 0 Å². The Morgan fingerprint density at radius 3 is 1.38 bits per heavy atom. The molecule has 0 spiro atoms. The third-order valence-corrected chi connectivity index (χ3v) is 7.79. The summed E-state index contributed by atoms with van der Waals surface area (Å²) in [4.78, 5) is 0.